The maximum Gasteiger partial charge on any atom is 0.249 e. The predicted molar refractivity (Wildman–Crippen MR) is 113 cm³/mol. The van der Waals surface area contributed by atoms with Crippen molar-refractivity contribution < 1.29 is 13.2 Å². The molecular formula is C19H21N9O3S. The fourth-order valence-electron chi connectivity index (χ4n) is 3.80. The summed E-state index contributed by atoms with van der Waals surface area (Å²) in [5, 5.41) is 20.8. The van der Waals surface area contributed by atoms with Gasteiger partial charge in [0.05, 0.1) is 30.0 Å². The topological polar surface area (TPSA) is 151 Å². The van der Waals surface area contributed by atoms with Crippen molar-refractivity contribution in [2.24, 2.45) is 5.92 Å². The molecule has 1 saturated heterocycles. The van der Waals surface area contributed by atoms with E-state index in [-0.39, 0.29) is 43.0 Å². The smallest absolute Gasteiger partial charge is 0.249 e. The summed E-state index contributed by atoms with van der Waals surface area (Å²) in [4.78, 5) is 20.8. The molecule has 1 aliphatic heterocycles. The summed E-state index contributed by atoms with van der Waals surface area (Å²) in [7, 11) is -3.33. The molecule has 3 aromatic rings. The Kier molecular flexibility index (Phi) is 4.72. The largest absolute Gasteiger partial charge is 0.293 e. The molecule has 13 heteroatoms. The van der Waals surface area contributed by atoms with Gasteiger partial charge in [-0.15, -0.1) is 5.10 Å². The van der Waals surface area contributed by atoms with E-state index in [1.807, 2.05) is 0 Å². The van der Waals surface area contributed by atoms with Crippen molar-refractivity contribution in [3.63, 3.8) is 0 Å². The van der Waals surface area contributed by atoms with E-state index in [0.29, 0.717) is 17.0 Å². The van der Waals surface area contributed by atoms with E-state index >= 15 is 0 Å². The number of carbonyl (C=O) groups is 1. The summed E-state index contributed by atoms with van der Waals surface area (Å²) >= 11 is 0. The van der Waals surface area contributed by atoms with Crippen molar-refractivity contribution >= 4 is 27.5 Å². The fourth-order valence-corrected chi connectivity index (χ4v) is 5.04. The molecule has 0 bridgehead atoms. The van der Waals surface area contributed by atoms with Crippen LogP contribution in [0.5, 0.6) is 0 Å². The van der Waals surface area contributed by atoms with Gasteiger partial charge in [0.2, 0.25) is 21.9 Å². The van der Waals surface area contributed by atoms with Crippen LogP contribution in [-0.4, -0.2) is 66.8 Å². The fraction of sp³-hybridized carbons (Fsp3) is 0.474. The Labute approximate surface area is 183 Å². The number of hydrogen-bond acceptors (Lipinski definition) is 8. The molecule has 0 aromatic carbocycles. The van der Waals surface area contributed by atoms with E-state index in [1.54, 1.807) is 36.3 Å². The third-order valence-corrected chi connectivity index (χ3v) is 7.65. The van der Waals surface area contributed by atoms with Crippen LogP contribution < -0.4 is 5.32 Å². The highest BCUT2D eigenvalue weighted by Gasteiger charge is 2.49. The molecule has 166 valence electrons. The monoisotopic (exact) mass is 455 g/mol. The quantitative estimate of drug-likeness (QED) is 0.544. The van der Waals surface area contributed by atoms with Crippen LogP contribution in [0.4, 0.5) is 5.95 Å². The first kappa shape index (κ1) is 20.5. The average Bonchev–Trinajstić information content (AvgIpc) is 3.34. The lowest BCUT2D eigenvalue weighted by atomic mass is 9.89. The Morgan fingerprint density at radius 3 is 2.84 bits per heavy atom. The van der Waals surface area contributed by atoms with Crippen molar-refractivity contribution in [2.45, 2.75) is 31.7 Å². The van der Waals surface area contributed by atoms with Crippen molar-refractivity contribution in [1.29, 1.82) is 5.26 Å². The van der Waals surface area contributed by atoms with Gasteiger partial charge in [0.25, 0.3) is 0 Å². The zero-order valence-corrected chi connectivity index (χ0v) is 18.2. The van der Waals surface area contributed by atoms with Crippen LogP contribution in [0, 0.1) is 17.2 Å². The molecule has 2 aliphatic rings. The number of amides is 1. The third kappa shape index (κ3) is 3.41. The summed E-state index contributed by atoms with van der Waals surface area (Å²) in [5.74, 6) is 0.643. The van der Waals surface area contributed by atoms with E-state index in [0.717, 1.165) is 12.8 Å². The molecular weight excluding hydrogens is 434 g/mol. The number of fused-ring (bicyclic) bond motifs is 1. The maximum atomic E-state index is 12.2. The molecule has 0 atom stereocenters. The van der Waals surface area contributed by atoms with Crippen LogP contribution >= 0.6 is 0 Å². The van der Waals surface area contributed by atoms with Crippen molar-refractivity contribution in [2.75, 3.05) is 24.2 Å². The summed E-state index contributed by atoms with van der Waals surface area (Å²) in [5.41, 5.74) is 0.425. The Morgan fingerprint density at radius 1 is 1.38 bits per heavy atom. The molecule has 0 radical (unpaired) electrons. The van der Waals surface area contributed by atoms with Crippen LogP contribution in [-0.2, 0) is 20.4 Å². The highest BCUT2D eigenvalue weighted by Crippen LogP contribution is 2.35. The molecule has 1 saturated carbocycles. The zero-order valence-electron chi connectivity index (χ0n) is 17.3. The molecule has 1 amide bonds. The molecule has 12 nitrogen and oxygen atoms in total. The van der Waals surface area contributed by atoms with Gasteiger partial charge in [-0.2, -0.15) is 24.2 Å². The van der Waals surface area contributed by atoms with Gasteiger partial charge < -0.3 is 0 Å². The second kappa shape index (κ2) is 7.35. The van der Waals surface area contributed by atoms with Gasteiger partial charge in [-0.05, 0) is 19.8 Å². The minimum Gasteiger partial charge on any atom is -0.293 e. The molecule has 0 unspecified atom stereocenters. The lowest BCUT2D eigenvalue weighted by Crippen LogP contribution is -2.64. The van der Waals surface area contributed by atoms with Crippen LogP contribution in [0.3, 0.4) is 0 Å². The third-order valence-electron chi connectivity index (χ3n) is 5.87. The van der Waals surface area contributed by atoms with Crippen molar-refractivity contribution in [1.82, 2.24) is 33.7 Å². The van der Waals surface area contributed by atoms with Gasteiger partial charge in [0, 0.05) is 37.5 Å². The molecule has 4 heterocycles. The van der Waals surface area contributed by atoms with E-state index in [4.69, 9.17) is 0 Å². The number of aromatic nitrogens is 6. The predicted octanol–water partition coefficient (Wildman–Crippen LogP) is 0.611. The maximum absolute atomic E-state index is 12.2. The Balaban J connectivity index is 1.44. The minimum atomic E-state index is -3.33. The first-order valence-corrected chi connectivity index (χ1v) is 11.9. The Bertz CT molecular complexity index is 1340. The lowest BCUT2D eigenvalue weighted by Gasteiger charge is -2.47. The van der Waals surface area contributed by atoms with E-state index < -0.39 is 15.6 Å². The lowest BCUT2D eigenvalue weighted by molar-refractivity contribution is -0.117. The number of rotatable bonds is 7. The molecule has 3 aromatic heterocycles. The SMILES string of the molecule is CCS(=O)(=O)N1CC(CC#N)(n2cc(-c3nccc4nc(NC(=O)C5CC5)nn34)cn2)C1. The van der Waals surface area contributed by atoms with Gasteiger partial charge in [-0.25, -0.2) is 13.4 Å². The number of nitrogens with zero attached hydrogens (tertiary/aromatic N) is 8. The molecule has 1 aliphatic carbocycles. The van der Waals surface area contributed by atoms with Crippen LogP contribution in [0.15, 0.2) is 24.7 Å². The summed E-state index contributed by atoms with van der Waals surface area (Å²) in [6, 6.07) is 3.83. The van der Waals surface area contributed by atoms with Crippen LogP contribution in [0.2, 0.25) is 0 Å². The molecule has 0 spiro atoms. The second-order valence-electron chi connectivity index (χ2n) is 8.14. The van der Waals surface area contributed by atoms with E-state index in [1.165, 1.54) is 8.82 Å². The Morgan fingerprint density at radius 2 is 2.16 bits per heavy atom. The number of nitriles is 1. The summed E-state index contributed by atoms with van der Waals surface area (Å²) in [6.45, 7) is 1.98. The summed E-state index contributed by atoms with van der Waals surface area (Å²) in [6.07, 6.45) is 6.82. The first-order valence-electron chi connectivity index (χ1n) is 10.3. The van der Waals surface area contributed by atoms with Crippen LogP contribution in [0.25, 0.3) is 17.0 Å². The van der Waals surface area contributed by atoms with Gasteiger partial charge in [-0.3, -0.25) is 14.8 Å². The number of carbonyl (C=O) groups excluding carboxylic acids is 1. The van der Waals surface area contributed by atoms with E-state index in [9.17, 15) is 18.5 Å². The van der Waals surface area contributed by atoms with Crippen LogP contribution in [0.1, 0.15) is 26.2 Å². The van der Waals surface area contributed by atoms with Gasteiger partial charge in [0.15, 0.2) is 11.5 Å². The highest BCUT2D eigenvalue weighted by atomic mass is 32.2. The first-order chi connectivity index (χ1) is 15.3. The molecule has 1 N–H and O–H groups in total. The van der Waals surface area contributed by atoms with Gasteiger partial charge in [0.1, 0.15) is 5.54 Å². The normalized spacial score (nSPS) is 18.2. The molecule has 2 fully saturated rings. The number of anilines is 1. The summed E-state index contributed by atoms with van der Waals surface area (Å²) < 4.78 is 28.8. The second-order valence-corrected chi connectivity index (χ2v) is 10.4. The Hall–Kier alpha value is -3.37. The number of nitrogens with one attached hydrogen (secondary N) is 1. The van der Waals surface area contributed by atoms with Crippen molar-refractivity contribution in [3.05, 3.63) is 24.7 Å². The minimum absolute atomic E-state index is 0.0117. The number of hydrogen-bond donors (Lipinski definition) is 1. The highest BCUT2D eigenvalue weighted by molar-refractivity contribution is 7.89. The average molecular weight is 456 g/mol. The standard InChI is InChI=1S/C19H21N9O3S/c1-2-32(30,31)26-11-19(12-26,6-7-20)27-10-14(9-22-27)16-21-8-5-15-23-18(25-28(15)16)24-17(29)13-3-4-13/h5,8-10,13H,2-4,6,11-12H2,1H3,(H,24,25,29). The van der Waals surface area contributed by atoms with E-state index in [2.05, 4.69) is 31.6 Å². The molecule has 5 rings (SSSR count). The van der Waals surface area contributed by atoms with Gasteiger partial charge in [-0.1, -0.05) is 0 Å². The zero-order chi connectivity index (χ0) is 22.5. The molecule has 32 heavy (non-hydrogen) atoms. The van der Waals surface area contributed by atoms with Crippen molar-refractivity contribution in [3.8, 4) is 17.5 Å². The number of sulfonamides is 1. The van der Waals surface area contributed by atoms with Gasteiger partial charge >= 0.3 is 0 Å².